The highest BCUT2D eigenvalue weighted by Gasteiger charge is 2.27. The molecule has 8 heteroatoms. The highest BCUT2D eigenvalue weighted by molar-refractivity contribution is 5.98. The zero-order valence-electron chi connectivity index (χ0n) is 17.4. The number of hydrogen-bond acceptors (Lipinski definition) is 7. The number of hydrogen-bond donors (Lipinski definition) is 3. The average Bonchev–Trinajstić information content (AvgIpc) is 2.70. The molecule has 0 saturated carbocycles. The van der Waals surface area contributed by atoms with Crippen LogP contribution < -0.4 is 14.2 Å². The van der Waals surface area contributed by atoms with Crippen molar-refractivity contribution in [2.75, 3.05) is 14.2 Å². The minimum Gasteiger partial charge on any atom is -0.504 e. The Morgan fingerprint density at radius 3 is 2.00 bits per heavy atom. The molecule has 2 rings (SSSR count). The Morgan fingerprint density at radius 2 is 1.50 bits per heavy atom. The lowest BCUT2D eigenvalue weighted by atomic mass is 10.00. The summed E-state index contributed by atoms with van der Waals surface area (Å²) in [4.78, 5) is 24.6. The van der Waals surface area contributed by atoms with Gasteiger partial charge in [0.2, 0.25) is 5.75 Å². The molecule has 0 saturated heterocycles. The predicted octanol–water partition coefficient (Wildman–Crippen LogP) is 3.94. The first-order valence-electron chi connectivity index (χ1n) is 9.57. The molecule has 0 heterocycles. The molecule has 0 aromatic heterocycles. The number of phenolic OH excluding ortho intramolecular Hbond substituents is 1. The number of aromatic carboxylic acids is 1. The molecule has 30 heavy (non-hydrogen) atoms. The summed E-state index contributed by atoms with van der Waals surface area (Å²) in [6, 6.07) is 4.38. The van der Waals surface area contributed by atoms with Crippen molar-refractivity contribution in [3.8, 4) is 28.7 Å². The van der Waals surface area contributed by atoms with Crippen LogP contribution in [0.1, 0.15) is 58.5 Å². The summed E-state index contributed by atoms with van der Waals surface area (Å²) in [7, 11) is 2.88. The van der Waals surface area contributed by atoms with Crippen molar-refractivity contribution in [2.45, 2.75) is 39.5 Å². The Bertz CT molecular complexity index is 949. The largest absolute Gasteiger partial charge is 0.504 e. The Kier molecular flexibility index (Phi) is 7.52. The van der Waals surface area contributed by atoms with E-state index in [0.717, 1.165) is 6.42 Å². The predicted molar refractivity (Wildman–Crippen MR) is 109 cm³/mol. The van der Waals surface area contributed by atoms with Gasteiger partial charge in [0.15, 0.2) is 11.5 Å². The van der Waals surface area contributed by atoms with Gasteiger partial charge in [0.25, 0.3) is 0 Å². The summed E-state index contributed by atoms with van der Waals surface area (Å²) in [5.41, 5.74) is 0.536. The molecule has 0 bridgehead atoms. The third-order valence-electron chi connectivity index (χ3n) is 4.58. The van der Waals surface area contributed by atoms with Crippen LogP contribution in [-0.4, -0.2) is 41.5 Å². The maximum absolute atomic E-state index is 13.0. The van der Waals surface area contributed by atoms with E-state index in [1.54, 1.807) is 6.07 Å². The minimum atomic E-state index is -1.39. The maximum Gasteiger partial charge on any atom is 0.347 e. The summed E-state index contributed by atoms with van der Waals surface area (Å²) < 4.78 is 15.8. The van der Waals surface area contributed by atoms with E-state index in [4.69, 9.17) is 14.2 Å². The fraction of sp³-hybridized carbons (Fsp3) is 0.364. The number of carboxylic acid groups (broad SMARTS) is 1. The van der Waals surface area contributed by atoms with E-state index in [1.165, 1.54) is 26.4 Å². The molecule has 2 aromatic rings. The van der Waals surface area contributed by atoms with Crippen molar-refractivity contribution >= 4 is 11.9 Å². The van der Waals surface area contributed by atoms with Gasteiger partial charge in [-0.1, -0.05) is 26.7 Å². The van der Waals surface area contributed by atoms with Gasteiger partial charge in [-0.25, -0.2) is 9.59 Å². The highest BCUT2D eigenvalue weighted by atomic mass is 16.6. The number of methoxy groups -OCH3 is 2. The van der Waals surface area contributed by atoms with Gasteiger partial charge in [-0.05, 0) is 36.1 Å². The molecule has 0 spiro atoms. The molecule has 0 aliphatic carbocycles. The van der Waals surface area contributed by atoms with E-state index < -0.39 is 34.8 Å². The molecule has 3 N–H and O–H groups in total. The van der Waals surface area contributed by atoms with E-state index in [-0.39, 0.29) is 16.9 Å². The smallest absolute Gasteiger partial charge is 0.347 e. The summed E-state index contributed by atoms with van der Waals surface area (Å²) in [5, 5.41) is 30.2. The molecule has 0 aliphatic heterocycles. The number of rotatable bonds is 9. The fourth-order valence-electron chi connectivity index (χ4n) is 3.26. The number of ether oxygens (including phenoxy) is 3. The molecule has 162 valence electrons. The van der Waals surface area contributed by atoms with E-state index in [0.29, 0.717) is 30.6 Å². The van der Waals surface area contributed by atoms with Gasteiger partial charge in [0, 0.05) is 6.07 Å². The first-order chi connectivity index (χ1) is 14.3. The number of aryl methyl sites for hydroxylation is 2. The SMILES string of the molecule is CCCc1cc(OC)cc(OC)c1C(=O)Oc1c(O)cc(CCC)c(C(=O)O)c1O. The number of benzene rings is 2. The number of esters is 1. The first kappa shape index (κ1) is 22.9. The Balaban J connectivity index is 2.58. The second-order valence-electron chi connectivity index (χ2n) is 6.67. The fourth-order valence-corrected chi connectivity index (χ4v) is 3.26. The van der Waals surface area contributed by atoms with Crippen LogP contribution in [0.2, 0.25) is 0 Å². The Labute approximate surface area is 174 Å². The summed E-state index contributed by atoms with van der Waals surface area (Å²) in [6.45, 7) is 3.77. The van der Waals surface area contributed by atoms with Crippen LogP contribution in [0, 0.1) is 0 Å². The zero-order chi connectivity index (χ0) is 22.4. The molecule has 0 unspecified atom stereocenters. The van der Waals surface area contributed by atoms with E-state index in [9.17, 15) is 24.9 Å². The van der Waals surface area contributed by atoms with Crippen LogP contribution in [-0.2, 0) is 12.8 Å². The van der Waals surface area contributed by atoms with Crippen LogP contribution in [0.5, 0.6) is 28.7 Å². The van der Waals surface area contributed by atoms with Crippen molar-refractivity contribution in [1.82, 2.24) is 0 Å². The first-order valence-corrected chi connectivity index (χ1v) is 9.57. The summed E-state index contributed by atoms with van der Waals surface area (Å²) >= 11 is 0. The van der Waals surface area contributed by atoms with Crippen LogP contribution in [0.25, 0.3) is 0 Å². The van der Waals surface area contributed by atoms with Crippen LogP contribution in [0.15, 0.2) is 18.2 Å². The van der Waals surface area contributed by atoms with Crippen molar-refractivity contribution in [1.29, 1.82) is 0 Å². The van der Waals surface area contributed by atoms with Gasteiger partial charge < -0.3 is 29.5 Å². The quantitative estimate of drug-likeness (QED) is 0.413. The summed E-state index contributed by atoms with van der Waals surface area (Å²) in [6.07, 6.45) is 2.17. The third kappa shape index (κ3) is 4.59. The van der Waals surface area contributed by atoms with Gasteiger partial charge in [0.05, 0.1) is 14.2 Å². The molecular weight excluding hydrogens is 392 g/mol. The zero-order valence-corrected chi connectivity index (χ0v) is 17.4. The van der Waals surface area contributed by atoms with Crippen LogP contribution >= 0.6 is 0 Å². The second-order valence-corrected chi connectivity index (χ2v) is 6.67. The molecular formula is C22H26O8. The molecule has 8 nitrogen and oxygen atoms in total. The normalized spacial score (nSPS) is 10.5. The Hall–Kier alpha value is -3.42. The van der Waals surface area contributed by atoms with Crippen molar-refractivity contribution < 1.29 is 39.1 Å². The van der Waals surface area contributed by atoms with E-state index in [2.05, 4.69) is 0 Å². The lowest BCUT2D eigenvalue weighted by Crippen LogP contribution is -2.15. The highest BCUT2D eigenvalue weighted by Crippen LogP contribution is 2.42. The molecule has 0 fully saturated rings. The number of aromatic hydroxyl groups is 2. The number of carbonyl (C=O) groups excluding carboxylic acids is 1. The third-order valence-corrected chi connectivity index (χ3v) is 4.58. The number of phenols is 2. The van der Waals surface area contributed by atoms with Gasteiger partial charge >= 0.3 is 11.9 Å². The van der Waals surface area contributed by atoms with E-state index in [1.807, 2.05) is 13.8 Å². The monoisotopic (exact) mass is 418 g/mol. The van der Waals surface area contributed by atoms with Gasteiger partial charge in [-0.15, -0.1) is 0 Å². The molecule has 0 amide bonds. The lowest BCUT2D eigenvalue weighted by Gasteiger charge is -2.17. The lowest BCUT2D eigenvalue weighted by molar-refractivity contribution is 0.0676. The van der Waals surface area contributed by atoms with Gasteiger partial charge in [-0.3, -0.25) is 0 Å². The number of carboxylic acids is 1. The van der Waals surface area contributed by atoms with Crippen molar-refractivity contribution in [3.63, 3.8) is 0 Å². The molecule has 0 atom stereocenters. The van der Waals surface area contributed by atoms with Crippen LogP contribution in [0.3, 0.4) is 0 Å². The molecule has 0 radical (unpaired) electrons. The number of carbonyl (C=O) groups is 2. The average molecular weight is 418 g/mol. The van der Waals surface area contributed by atoms with Crippen molar-refractivity contribution in [2.24, 2.45) is 0 Å². The molecule has 0 aliphatic rings. The van der Waals surface area contributed by atoms with Gasteiger partial charge in [0.1, 0.15) is 22.6 Å². The second kappa shape index (κ2) is 9.87. The molecule has 2 aromatic carbocycles. The minimum absolute atomic E-state index is 0.105. The maximum atomic E-state index is 13.0. The van der Waals surface area contributed by atoms with Crippen molar-refractivity contribution in [3.05, 3.63) is 40.5 Å². The standard InChI is InChI=1S/C22H26O8/c1-5-7-12-9-14(28-3)11-16(29-4)17(12)22(27)30-20-15(23)10-13(8-6-2)18(19(20)24)21(25)26/h9-11,23-24H,5-8H2,1-4H3,(H,25,26). The topological polar surface area (TPSA) is 123 Å². The van der Waals surface area contributed by atoms with E-state index >= 15 is 0 Å². The van der Waals surface area contributed by atoms with Crippen LogP contribution in [0.4, 0.5) is 0 Å². The van der Waals surface area contributed by atoms with Gasteiger partial charge in [-0.2, -0.15) is 0 Å². The summed E-state index contributed by atoms with van der Waals surface area (Å²) in [5.74, 6) is -3.54. The Morgan fingerprint density at radius 1 is 0.900 bits per heavy atom.